The summed E-state index contributed by atoms with van der Waals surface area (Å²) in [6, 6.07) is 0. The minimum absolute atomic E-state index is 0.632. The third kappa shape index (κ3) is 0.984. The summed E-state index contributed by atoms with van der Waals surface area (Å²) in [7, 11) is 0. The molecule has 0 aromatic carbocycles. The molecule has 0 radical (unpaired) electrons. The van der Waals surface area contributed by atoms with Gasteiger partial charge in [-0.25, -0.2) is 0 Å². The van der Waals surface area contributed by atoms with Crippen LogP contribution in [0.5, 0.6) is 0 Å². The van der Waals surface area contributed by atoms with E-state index in [4.69, 9.17) is 10.2 Å². The smallest absolute Gasteiger partial charge is 0.187 e. The van der Waals surface area contributed by atoms with Gasteiger partial charge in [0.25, 0.3) is 0 Å². The van der Waals surface area contributed by atoms with E-state index >= 15 is 0 Å². The minimum Gasteiger partial charge on any atom is -0.382 e. The second kappa shape index (κ2) is 2.32. The predicted octanol–water partition coefficient (Wildman–Crippen LogP) is -1.58. The van der Waals surface area contributed by atoms with E-state index in [0.717, 1.165) is 12.2 Å². The molecule has 1 aliphatic rings. The Morgan fingerprint density at radius 1 is 1.00 bits per heavy atom. The molecular formula is C6H6O4. The first-order chi connectivity index (χ1) is 4.63. The molecule has 4 nitrogen and oxygen atoms in total. The van der Waals surface area contributed by atoms with Gasteiger partial charge in [-0.1, -0.05) is 0 Å². The van der Waals surface area contributed by atoms with Crippen molar-refractivity contribution in [3.63, 3.8) is 0 Å². The zero-order chi connectivity index (χ0) is 7.72. The third-order valence-corrected chi connectivity index (χ3v) is 1.29. The van der Waals surface area contributed by atoms with E-state index in [1.165, 1.54) is 0 Å². The fourth-order valence-electron chi connectivity index (χ4n) is 0.673. The first kappa shape index (κ1) is 7.11. The van der Waals surface area contributed by atoms with Crippen LogP contribution in [-0.4, -0.2) is 34.0 Å². The molecular weight excluding hydrogens is 136 g/mol. The number of carbonyl (C=O) groups excluding carboxylic acids is 2. The molecule has 0 aliphatic heterocycles. The number of aliphatic hydroxyl groups is 2. The minimum atomic E-state index is -1.57. The molecule has 4 heteroatoms. The van der Waals surface area contributed by atoms with Crippen LogP contribution in [0, 0.1) is 0 Å². The van der Waals surface area contributed by atoms with E-state index in [2.05, 4.69) is 0 Å². The van der Waals surface area contributed by atoms with Crippen LogP contribution in [0.4, 0.5) is 0 Å². The molecule has 1 aliphatic carbocycles. The predicted molar refractivity (Wildman–Crippen MR) is 31.2 cm³/mol. The zero-order valence-corrected chi connectivity index (χ0v) is 5.02. The van der Waals surface area contributed by atoms with Crippen molar-refractivity contribution in [2.24, 2.45) is 0 Å². The molecule has 1 rings (SSSR count). The fraction of sp³-hybridized carbons (Fsp3) is 0.333. The molecule has 0 heterocycles. The van der Waals surface area contributed by atoms with Crippen molar-refractivity contribution < 1.29 is 19.8 Å². The lowest BCUT2D eigenvalue weighted by atomic mass is 9.99. The van der Waals surface area contributed by atoms with Crippen molar-refractivity contribution >= 4 is 11.6 Å². The molecule has 0 bridgehead atoms. The molecule has 2 N–H and O–H groups in total. The van der Waals surface area contributed by atoms with Crippen molar-refractivity contribution in [2.75, 3.05) is 0 Å². The summed E-state index contributed by atoms with van der Waals surface area (Å²) in [5.41, 5.74) is 0. The first-order valence-corrected chi connectivity index (χ1v) is 2.75. The lowest BCUT2D eigenvalue weighted by Crippen LogP contribution is -2.41. The Labute approximate surface area is 56.8 Å². The van der Waals surface area contributed by atoms with Crippen molar-refractivity contribution in [2.45, 2.75) is 12.2 Å². The molecule has 0 aromatic rings. The Morgan fingerprint density at radius 3 is 1.60 bits per heavy atom. The van der Waals surface area contributed by atoms with Gasteiger partial charge in [0, 0.05) is 0 Å². The largest absolute Gasteiger partial charge is 0.382 e. The highest BCUT2D eigenvalue weighted by molar-refractivity contribution is 6.09. The molecule has 2 atom stereocenters. The highest BCUT2D eigenvalue weighted by Crippen LogP contribution is 2.04. The van der Waals surface area contributed by atoms with Crippen LogP contribution in [0.1, 0.15) is 0 Å². The van der Waals surface area contributed by atoms with Gasteiger partial charge in [0.2, 0.25) is 0 Å². The normalized spacial score (nSPS) is 33.0. The summed E-state index contributed by atoms with van der Waals surface area (Å²) < 4.78 is 0. The van der Waals surface area contributed by atoms with E-state index in [1.807, 2.05) is 0 Å². The summed E-state index contributed by atoms with van der Waals surface area (Å²) in [5, 5.41) is 17.5. The molecule has 54 valence electrons. The van der Waals surface area contributed by atoms with Crippen LogP contribution in [0.25, 0.3) is 0 Å². The van der Waals surface area contributed by atoms with Crippen molar-refractivity contribution in [3.05, 3.63) is 12.2 Å². The number of aliphatic hydroxyl groups excluding tert-OH is 2. The summed E-state index contributed by atoms with van der Waals surface area (Å²) >= 11 is 0. The first-order valence-electron chi connectivity index (χ1n) is 2.75. The van der Waals surface area contributed by atoms with Crippen LogP contribution in [0.3, 0.4) is 0 Å². The van der Waals surface area contributed by atoms with Crippen molar-refractivity contribution in [1.82, 2.24) is 0 Å². The fourth-order valence-corrected chi connectivity index (χ4v) is 0.673. The maximum Gasteiger partial charge on any atom is 0.187 e. The Morgan fingerprint density at radius 2 is 1.30 bits per heavy atom. The van der Waals surface area contributed by atoms with Gasteiger partial charge < -0.3 is 10.2 Å². The van der Waals surface area contributed by atoms with Gasteiger partial charge in [-0.2, -0.15) is 0 Å². The maximum absolute atomic E-state index is 10.5. The lowest BCUT2D eigenvalue weighted by molar-refractivity contribution is -0.139. The van der Waals surface area contributed by atoms with Gasteiger partial charge in [0.1, 0.15) is 12.2 Å². The van der Waals surface area contributed by atoms with Gasteiger partial charge in [-0.05, 0) is 12.2 Å². The van der Waals surface area contributed by atoms with Crippen LogP contribution in [0.2, 0.25) is 0 Å². The molecule has 0 fully saturated rings. The van der Waals surface area contributed by atoms with Crippen LogP contribution in [0.15, 0.2) is 12.2 Å². The number of hydrogen-bond acceptors (Lipinski definition) is 4. The average molecular weight is 142 g/mol. The Kier molecular flexibility index (Phi) is 1.65. The molecule has 10 heavy (non-hydrogen) atoms. The summed E-state index contributed by atoms with van der Waals surface area (Å²) in [6.45, 7) is 0. The summed E-state index contributed by atoms with van der Waals surface area (Å²) in [5.74, 6) is -1.26. The average Bonchev–Trinajstić information content (AvgIpc) is 1.93. The van der Waals surface area contributed by atoms with E-state index in [-0.39, 0.29) is 0 Å². The van der Waals surface area contributed by atoms with Crippen molar-refractivity contribution in [3.8, 4) is 0 Å². The monoisotopic (exact) mass is 142 g/mol. The van der Waals surface area contributed by atoms with Gasteiger partial charge in [0.15, 0.2) is 11.6 Å². The topological polar surface area (TPSA) is 74.6 Å². The molecule has 0 saturated heterocycles. The third-order valence-electron chi connectivity index (χ3n) is 1.29. The van der Waals surface area contributed by atoms with Crippen LogP contribution < -0.4 is 0 Å². The van der Waals surface area contributed by atoms with Crippen LogP contribution in [-0.2, 0) is 9.59 Å². The number of hydrogen-bond donors (Lipinski definition) is 2. The van der Waals surface area contributed by atoms with E-state index in [0.29, 0.717) is 0 Å². The van der Waals surface area contributed by atoms with Gasteiger partial charge in [-0.3, -0.25) is 9.59 Å². The summed E-state index contributed by atoms with van der Waals surface area (Å²) in [4.78, 5) is 21.0. The highest BCUT2D eigenvalue weighted by Gasteiger charge is 2.30. The van der Waals surface area contributed by atoms with Crippen LogP contribution >= 0.6 is 0 Å². The zero-order valence-electron chi connectivity index (χ0n) is 5.02. The Hall–Kier alpha value is -1.00. The highest BCUT2D eigenvalue weighted by atomic mass is 16.3. The number of ketones is 2. The van der Waals surface area contributed by atoms with E-state index < -0.39 is 23.8 Å². The standard InChI is InChI=1S/C6H6O4/c7-3-1-2-4(8)6(10)5(3)9/h1-2,5-6,9-10H. The number of carbonyl (C=O) groups is 2. The quantitative estimate of drug-likeness (QED) is 0.428. The van der Waals surface area contributed by atoms with E-state index in [9.17, 15) is 9.59 Å². The number of rotatable bonds is 0. The van der Waals surface area contributed by atoms with Crippen molar-refractivity contribution in [1.29, 1.82) is 0 Å². The SMILES string of the molecule is O=C1C=CC(=O)C(O)C1O. The maximum atomic E-state index is 10.5. The Balaban J connectivity index is 2.89. The second-order valence-electron chi connectivity index (χ2n) is 2.03. The molecule has 0 saturated carbocycles. The molecule has 0 amide bonds. The van der Waals surface area contributed by atoms with Gasteiger partial charge in [0.05, 0.1) is 0 Å². The van der Waals surface area contributed by atoms with Gasteiger partial charge >= 0.3 is 0 Å². The van der Waals surface area contributed by atoms with E-state index in [1.54, 1.807) is 0 Å². The molecule has 2 unspecified atom stereocenters. The lowest BCUT2D eigenvalue weighted by Gasteiger charge is -2.15. The molecule has 0 aromatic heterocycles. The Bertz CT molecular complexity index is 184. The summed E-state index contributed by atoms with van der Waals surface area (Å²) in [6.07, 6.45) is -1.23. The van der Waals surface area contributed by atoms with Gasteiger partial charge in [-0.15, -0.1) is 0 Å². The second-order valence-corrected chi connectivity index (χ2v) is 2.03. The molecule has 0 spiro atoms.